The number of hydrogen-bond donors (Lipinski definition) is 7. The van der Waals surface area contributed by atoms with Crippen LogP contribution in [0.25, 0.3) is 0 Å². The van der Waals surface area contributed by atoms with Crippen LogP contribution in [0.2, 0.25) is 0 Å². The molecule has 1 aliphatic carbocycles. The molecule has 0 aromatic heterocycles. The number of methoxy groups -OCH3 is 1. The maximum atomic E-state index is 13.8. The average molecular weight is 634 g/mol. The number of amides is 3. The molecule has 13 heteroatoms. The van der Waals surface area contributed by atoms with Crippen LogP contribution in [0, 0.1) is 11.3 Å². The van der Waals surface area contributed by atoms with Crippen molar-refractivity contribution in [2.45, 2.75) is 94.7 Å². The average Bonchev–Trinajstić information content (AvgIpc) is 3.03. The third-order valence-electron chi connectivity index (χ3n) is 8.89. The molecule has 45 heavy (non-hydrogen) atoms. The second kappa shape index (κ2) is 17.0. The Morgan fingerprint density at radius 2 is 1.69 bits per heavy atom. The van der Waals surface area contributed by atoms with Gasteiger partial charge in [-0.15, -0.1) is 0 Å². The van der Waals surface area contributed by atoms with Crippen LogP contribution in [-0.4, -0.2) is 114 Å². The monoisotopic (exact) mass is 633 g/mol. The molecule has 1 aliphatic heterocycles. The highest BCUT2D eigenvalue weighted by Crippen LogP contribution is 2.31. The maximum absolute atomic E-state index is 13.8. The number of aliphatic hydroxyl groups is 3. The van der Waals surface area contributed by atoms with Crippen molar-refractivity contribution in [1.82, 2.24) is 20.9 Å². The van der Waals surface area contributed by atoms with Gasteiger partial charge in [0.05, 0.1) is 32.9 Å². The Kier molecular flexibility index (Phi) is 13.7. The van der Waals surface area contributed by atoms with E-state index in [4.69, 9.17) is 14.9 Å². The largest absolute Gasteiger partial charge is 0.497 e. The standard InChI is InChI=1S/C32H51N5O8/c1-22(34-28(38)20-37-15-17-45-18-16-37)29(39)35-26(19-24-9-12-25(44-3)13-10-24)30(40)36-27(32(42,43)31(2,41)21-33)14-11-23-7-5-4-6-8-23/h9-10,12-13,21-23,26-27,33,41-43H,4-8,11,14-20H2,1-3H3,(H,34,38)(H,35,39)(H,36,40)/t22-,26-,27-,31+/m0/s1. The van der Waals surface area contributed by atoms with Gasteiger partial charge in [-0.1, -0.05) is 44.2 Å². The van der Waals surface area contributed by atoms with Crippen LogP contribution in [-0.2, 0) is 25.5 Å². The molecule has 0 unspecified atom stereocenters. The predicted molar refractivity (Wildman–Crippen MR) is 168 cm³/mol. The third-order valence-corrected chi connectivity index (χ3v) is 8.89. The van der Waals surface area contributed by atoms with Crippen LogP contribution in [0.5, 0.6) is 5.75 Å². The number of morpholine rings is 1. The molecular formula is C32H51N5O8. The lowest BCUT2D eigenvalue weighted by atomic mass is 9.81. The number of rotatable bonds is 16. The van der Waals surface area contributed by atoms with Crippen molar-refractivity contribution >= 4 is 23.9 Å². The summed E-state index contributed by atoms with van der Waals surface area (Å²) < 4.78 is 10.5. The molecule has 1 saturated heterocycles. The first-order valence-electron chi connectivity index (χ1n) is 15.9. The van der Waals surface area contributed by atoms with Gasteiger partial charge in [0.25, 0.3) is 0 Å². The zero-order valence-electron chi connectivity index (χ0n) is 26.7. The molecule has 1 aromatic rings. The van der Waals surface area contributed by atoms with Crippen LogP contribution in [0.1, 0.15) is 64.4 Å². The number of hydrogen-bond acceptors (Lipinski definition) is 10. The Morgan fingerprint density at radius 1 is 1.04 bits per heavy atom. The minimum Gasteiger partial charge on any atom is -0.497 e. The van der Waals surface area contributed by atoms with Gasteiger partial charge in [-0.2, -0.15) is 0 Å². The van der Waals surface area contributed by atoms with E-state index in [0.717, 1.165) is 39.0 Å². The number of ether oxygens (including phenoxy) is 2. The molecule has 13 nitrogen and oxygen atoms in total. The van der Waals surface area contributed by atoms with Crippen molar-refractivity contribution in [3.63, 3.8) is 0 Å². The highest BCUT2D eigenvalue weighted by Gasteiger charge is 2.50. The summed E-state index contributed by atoms with van der Waals surface area (Å²) in [5.74, 6) is -3.54. The molecule has 0 radical (unpaired) electrons. The van der Waals surface area contributed by atoms with E-state index in [2.05, 4.69) is 16.0 Å². The molecule has 1 aromatic carbocycles. The van der Waals surface area contributed by atoms with E-state index >= 15 is 0 Å². The Labute approximate surface area is 265 Å². The molecular weight excluding hydrogens is 582 g/mol. The van der Waals surface area contributed by atoms with Crippen LogP contribution in [0.3, 0.4) is 0 Å². The van der Waals surface area contributed by atoms with Gasteiger partial charge in [-0.3, -0.25) is 19.3 Å². The fraction of sp³-hybridized carbons (Fsp3) is 0.688. The minimum absolute atomic E-state index is 0.0518. The van der Waals surface area contributed by atoms with Gasteiger partial charge in [0.15, 0.2) is 5.60 Å². The summed E-state index contributed by atoms with van der Waals surface area (Å²) in [6.45, 7) is 5.02. The molecule has 3 rings (SSSR count). The lowest BCUT2D eigenvalue weighted by molar-refractivity contribution is -0.259. The zero-order chi connectivity index (χ0) is 33.0. The van der Waals surface area contributed by atoms with Crippen molar-refractivity contribution in [3.05, 3.63) is 29.8 Å². The van der Waals surface area contributed by atoms with E-state index in [1.807, 2.05) is 4.90 Å². The smallest absolute Gasteiger partial charge is 0.243 e. The summed E-state index contributed by atoms with van der Waals surface area (Å²) >= 11 is 0. The van der Waals surface area contributed by atoms with Gasteiger partial charge in [0.2, 0.25) is 23.5 Å². The lowest BCUT2D eigenvalue weighted by Gasteiger charge is -2.41. The summed E-state index contributed by atoms with van der Waals surface area (Å²) in [5.41, 5.74) is -1.66. The first kappa shape index (κ1) is 36.4. The second-order valence-electron chi connectivity index (χ2n) is 12.5. The number of carbonyl (C=O) groups excluding carboxylic acids is 3. The van der Waals surface area contributed by atoms with Gasteiger partial charge in [0.1, 0.15) is 17.8 Å². The topological polar surface area (TPSA) is 194 Å². The highest BCUT2D eigenvalue weighted by molar-refractivity contribution is 5.92. The predicted octanol–water partition coefficient (Wildman–Crippen LogP) is 0.486. The summed E-state index contributed by atoms with van der Waals surface area (Å²) in [7, 11) is 1.53. The molecule has 2 aliphatic rings. The lowest BCUT2D eigenvalue weighted by Crippen LogP contribution is -2.67. The molecule has 1 heterocycles. The van der Waals surface area contributed by atoms with Gasteiger partial charge < -0.3 is 46.2 Å². The molecule has 4 atom stereocenters. The SMILES string of the molecule is COc1ccc(C[C@H](NC(=O)[C@H](C)NC(=O)CN2CCOCC2)C(=O)N[C@@H](CCC2CCCCC2)C(O)(O)[C@](C)(O)C=N)cc1. The summed E-state index contributed by atoms with van der Waals surface area (Å²) in [5, 5.41) is 48.5. The molecule has 1 saturated carbocycles. The van der Waals surface area contributed by atoms with Gasteiger partial charge in [-0.05, 0) is 50.3 Å². The summed E-state index contributed by atoms with van der Waals surface area (Å²) in [4.78, 5) is 41.6. The molecule has 252 valence electrons. The first-order chi connectivity index (χ1) is 21.4. The van der Waals surface area contributed by atoms with Crippen molar-refractivity contribution in [2.75, 3.05) is 40.0 Å². The number of nitrogens with zero attached hydrogens (tertiary/aromatic N) is 1. The van der Waals surface area contributed by atoms with E-state index in [1.165, 1.54) is 14.0 Å². The second-order valence-corrected chi connectivity index (χ2v) is 12.5. The number of benzene rings is 1. The van der Waals surface area contributed by atoms with Gasteiger partial charge >= 0.3 is 0 Å². The van der Waals surface area contributed by atoms with Crippen molar-refractivity contribution in [3.8, 4) is 5.75 Å². The Morgan fingerprint density at radius 3 is 2.29 bits per heavy atom. The zero-order valence-corrected chi connectivity index (χ0v) is 26.7. The van der Waals surface area contributed by atoms with E-state index < -0.39 is 41.3 Å². The van der Waals surface area contributed by atoms with E-state index in [0.29, 0.717) is 56.2 Å². The number of carbonyl (C=O) groups is 3. The fourth-order valence-electron chi connectivity index (χ4n) is 5.80. The molecule has 2 fully saturated rings. The third kappa shape index (κ3) is 10.7. The van der Waals surface area contributed by atoms with Gasteiger partial charge in [0, 0.05) is 25.7 Å². The van der Waals surface area contributed by atoms with Crippen LogP contribution < -0.4 is 20.7 Å². The Balaban J connectivity index is 1.77. The Hall–Kier alpha value is -3.10. The summed E-state index contributed by atoms with van der Waals surface area (Å²) in [6.07, 6.45) is 6.63. The fourth-order valence-corrected chi connectivity index (χ4v) is 5.80. The van der Waals surface area contributed by atoms with Crippen molar-refractivity contribution in [2.24, 2.45) is 5.92 Å². The van der Waals surface area contributed by atoms with E-state index in [9.17, 15) is 29.7 Å². The highest BCUT2D eigenvalue weighted by atomic mass is 16.5. The van der Waals surface area contributed by atoms with Gasteiger partial charge in [-0.25, -0.2) is 0 Å². The molecule has 3 amide bonds. The molecule has 7 N–H and O–H groups in total. The minimum atomic E-state index is -2.87. The first-order valence-corrected chi connectivity index (χ1v) is 15.9. The Bertz CT molecular complexity index is 1120. The molecule has 0 spiro atoms. The van der Waals surface area contributed by atoms with Crippen molar-refractivity contribution < 1.29 is 39.2 Å². The quantitative estimate of drug-likeness (QED) is 0.100. The van der Waals surface area contributed by atoms with Crippen molar-refractivity contribution in [1.29, 1.82) is 5.41 Å². The maximum Gasteiger partial charge on any atom is 0.243 e. The van der Waals surface area contributed by atoms with E-state index in [-0.39, 0.29) is 25.3 Å². The summed E-state index contributed by atoms with van der Waals surface area (Å²) in [6, 6.07) is 3.48. The normalized spacial score (nSPS) is 19.8. The van der Waals surface area contributed by atoms with Crippen LogP contribution >= 0.6 is 0 Å². The van der Waals surface area contributed by atoms with Crippen LogP contribution in [0.4, 0.5) is 0 Å². The molecule has 0 bridgehead atoms. The number of nitrogens with one attached hydrogen (secondary N) is 4. The van der Waals surface area contributed by atoms with Crippen LogP contribution in [0.15, 0.2) is 24.3 Å². The van der Waals surface area contributed by atoms with E-state index in [1.54, 1.807) is 24.3 Å².